The fourth-order valence-electron chi connectivity index (χ4n) is 3.83. The van der Waals surface area contributed by atoms with Gasteiger partial charge in [0.05, 0.1) is 12.1 Å². The van der Waals surface area contributed by atoms with E-state index >= 15 is 0 Å². The fraction of sp³-hybridized carbons (Fsp3) is 0.250. The highest BCUT2D eigenvalue weighted by Crippen LogP contribution is 2.35. The van der Waals surface area contributed by atoms with Crippen LogP contribution in [0.5, 0.6) is 0 Å². The van der Waals surface area contributed by atoms with Crippen molar-refractivity contribution in [2.24, 2.45) is 5.73 Å². The average molecular weight is 463 g/mol. The van der Waals surface area contributed by atoms with Gasteiger partial charge in [-0.25, -0.2) is 4.98 Å². The molecule has 0 saturated heterocycles. The van der Waals surface area contributed by atoms with Gasteiger partial charge in [0.15, 0.2) is 0 Å². The molecule has 1 aromatic carbocycles. The van der Waals surface area contributed by atoms with Crippen molar-refractivity contribution in [1.82, 2.24) is 19.3 Å². The second-order valence-corrected chi connectivity index (χ2v) is 7.60. The summed E-state index contributed by atoms with van der Waals surface area (Å²) < 4.78 is 8.37. The molecule has 4 aromatic rings. The number of rotatable bonds is 8. The van der Waals surface area contributed by atoms with Crippen LogP contribution in [0.1, 0.15) is 29.0 Å². The van der Waals surface area contributed by atoms with Gasteiger partial charge in [-0.15, -0.1) is 0 Å². The number of amides is 1. The zero-order valence-electron chi connectivity index (χ0n) is 19.0. The molecular formula is C24H26N6O4. The molecule has 34 heavy (non-hydrogen) atoms. The van der Waals surface area contributed by atoms with E-state index in [1.54, 1.807) is 40.4 Å². The lowest BCUT2D eigenvalue weighted by Gasteiger charge is -2.09. The van der Waals surface area contributed by atoms with Crippen molar-refractivity contribution in [1.29, 1.82) is 0 Å². The highest BCUT2D eigenvalue weighted by molar-refractivity contribution is 6.03. The molecule has 0 saturated carbocycles. The Labute approximate surface area is 195 Å². The van der Waals surface area contributed by atoms with Crippen molar-refractivity contribution in [2.45, 2.75) is 13.8 Å². The first kappa shape index (κ1) is 23.0. The number of pyridine rings is 1. The fourth-order valence-corrected chi connectivity index (χ4v) is 3.83. The van der Waals surface area contributed by atoms with E-state index in [0.29, 0.717) is 35.8 Å². The lowest BCUT2D eigenvalue weighted by atomic mass is 10.1. The minimum Gasteiger partial charge on any atom is -0.465 e. The van der Waals surface area contributed by atoms with Crippen molar-refractivity contribution >= 4 is 40.2 Å². The van der Waals surface area contributed by atoms with Gasteiger partial charge in [0.2, 0.25) is 5.91 Å². The summed E-state index contributed by atoms with van der Waals surface area (Å²) in [5.41, 5.74) is 8.42. The molecule has 0 spiro atoms. The second kappa shape index (κ2) is 9.75. The molecule has 10 heteroatoms. The Morgan fingerprint density at radius 3 is 2.71 bits per heavy atom. The molecule has 10 nitrogen and oxygen atoms in total. The van der Waals surface area contributed by atoms with E-state index in [0.717, 1.165) is 16.5 Å². The molecule has 0 bridgehead atoms. The molecular weight excluding hydrogens is 436 g/mol. The number of hydrogen-bond donors (Lipinski definition) is 3. The van der Waals surface area contributed by atoms with Gasteiger partial charge < -0.3 is 21.1 Å². The Hall–Kier alpha value is -4.18. The average Bonchev–Trinajstić information content (AvgIpc) is 3.39. The van der Waals surface area contributed by atoms with Gasteiger partial charge >= 0.3 is 5.97 Å². The van der Waals surface area contributed by atoms with E-state index in [-0.39, 0.29) is 25.0 Å². The first-order valence-corrected chi connectivity index (χ1v) is 11.0. The van der Waals surface area contributed by atoms with Gasteiger partial charge in [-0.3, -0.25) is 23.4 Å². The van der Waals surface area contributed by atoms with Crippen LogP contribution >= 0.6 is 0 Å². The number of carbonyl (C=O) groups excluding carboxylic acids is 3. The minimum atomic E-state index is -0.410. The summed E-state index contributed by atoms with van der Waals surface area (Å²) in [4.78, 5) is 41.5. The van der Waals surface area contributed by atoms with Crippen molar-refractivity contribution in [3.8, 4) is 11.3 Å². The number of hydrogen-bond acceptors (Lipinski definition) is 7. The van der Waals surface area contributed by atoms with Crippen LogP contribution in [0.2, 0.25) is 0 Å². The summed E-state index contributed by atoms with van der Waals surface area (Å²) in [6.07, 6.45) is 3.44. The molecule has 0 unspecified atom stereocenters. The Morgan fingerprint density at radius 1 is 1.18 bits per heavy atom. The van der Waals surface area contributed by atoms with E-state index in [1.165, 1.54) is 6.92 Å². The van der Waals surface area contributed by atoms with Gasteiger partial charge in [0.25, 0.3) is 5.91 Å². The predicted octanol–water partition coefficient (Wildman–Crippen LogP) is 2.28. The summed E-state index contributed by atoms with van der Waals surface area (Å²) >= 11 is 0. The van der Waals surface area contributed by atoms with Gasteiger partial charge in [-0.1, -0.05) is 18.2 Å². The molecule has 0 aliphatic rings. The molecule has 0 fully saturated rings. The normalized spacial score (nSPS) is 11.0. The van der Waals surface area contributed by atoms with Gasteiger partial charge in [-0.05, 0) is 25.1 Å². The van der Waals surface area contributed by atoms with Crippen LogP contribution < -0.4 is 16.4 Å². The zero-order chi connectivity index (χ0) is 24.2. The monoisotopic (exact) mass is 462 g/mol. The summed E-state index contributed by atoms with van der Waals surface area (Å²) in [5.74, 6) is -0.256. The van der Waals surface area contributed by atoms with Gasteiger partial charge in [0, 0.05) is 48.9 Å². The van der Waals surface area contributed by atoms with Crippen LogP contribution in [0.15, 0.2) is 48.8 Å². The molecule has 0 aliphatic carbocycles. The third-order valence-electron chi connectivity index (χ3n) is 5.33. The quantitative estimate of drug-likeness (QED) is 0.342. The highest BCUT2D eigenvalue weighted by Gasteiger charge is 2.21. The van der Waals surface area contributed by atoms with Gasteiger partial charge in [-0.2, -0.15) is 0 Å². The number of carbonyl (C=O) groups is 3. The van der Waals surface area contributed by atoms with E-state index in [1.807, 2.05) is 24.3 Å². The third-order valence-corrected chi connectivity index (χ3v) is 5.33. The van der Waals surface area contributed by atoms with Crippen LogP contribution in [0.25, 0.3) is 27.8 Å². The van der Waals surface area contributed by atoms with Crippen LogP contribution in [0.4, 0.5) is 5.82 Å². The number of anilines is 1. The molecule has 1 amide bonds. The Bertz CT molecular complexity index is 1390. The molecule has 176 valence electrons. The Kier molecular flexibility index (Phi) is 6.60. The standard InChI is InChI=1S/C24H26N6O4/c1-3-34-21(32)13-27-23-22(18-14-30(15(2)31)19-7-5-4-6-17(18)19)28-20-12-16(8-11-29(20)23)24(33)26-10-9-25/h4-8,11-12,14,27H,3,9-10,13,25H2,1-2H3,(H,26,33). The Morgan fingerprint density at radius 2 is 1.97 bits per heavy atom. The number of nitrogens with zero attached hydrogens (tertiary/aromatic N) is 3. The molecule has 3 aromatic heterocycles. The van der Waals surface area contributed by atoms with Crippen LogP contribution in [0.3, 0.4) is 0 Å². The maximum absolute atomic E-state index is 12.4. The predicted molar refractivity (Wildman–Crippen MR) is 129 cm³/mol. The largest absolute Gasteiger partial charge is 0.465 e. The van der Waals surface area contributed by atoms with E-state index in [9.17, 15) is 14.4 Å². The Balaban J connectivity index is 1.87. The maximum Gasteiger partial charge on any atom is 0.325 e. The lowest BCUT2D eigenvalue weighted by molar-refractivity contribution is -0.140. The number of fused-ring (bicyclic) bond motifs is 2. The SMILES string of the molecule is CCOC(=O)CNc1c(-c2cn(C(C)=O)c3ccccc23)nc2cc(C(=O)NCCN)ccn12. The first-order valence-electron chi connectivity index (χ1n) is 11.0. The van der Waals surface area contributed by atoms with E-state index in [2.05, 4.69) is 10.6 Å². The topological polar surface area (TPSA) is 133 Å². The molecule has 0 radical (unpaired) electrons. The number of para-hydroxylation sites is 1. The molecule has 4 rings (SSSR count). The summed E-state index contributed by atoms with van der Waals surface area (Å²) in [6, 6.07) is 10.9. The summed E-state index contributed by atoms with van der Waals surface area (Å²) in [5, 5.41) is 6.70. The van der Waals surface area contributed by atoms with Crippen LogP contribution in [0, 0.1) is 0 Å². The number of aromatic nitrogens is 3. The summed E-state index contributed by atoms with van der Waals surface area (Å²) in [6.45, 7) is 4.13. The van der Waals surface area contributed by atoms with Crippen molar-refractivity contribution < 1.29 is 19.1 Å². The number of nitrogens with one attached hydrogen (secondary N) is 2. The zero-order valence-corrected chi connectivity index (χ0v) is 19.0. The number of benzene rings is 1. The van der Waals surface area contributed by atoms with Crippen LogP contribution in [-0.2, 0) is 9.53 Å². The van der Waals surface area contributed by atoms with E-state index < -0.39 is 5.97 Å². The number of imidazole rings is 1. The number of ether oxygens (including phenoxy) is 1. The third kappa shape index (κ3) is 4.35. The second-order valence-electron chi connectivity index (χ2n) is 7.60. The van der Waals surface area contributed by atoms with E-state index in [4.69, 9.17) is 15.5 Å². The van der Waals surface area contributed by atoms with Crippen molar-refractivity contribution in [3.63, 3.8) is 0 Å². The molecule has 3 heterocycles. The van der Waals surface area contributed by atoms with Crippen LogP contribution in [-0.4, -0.2) is 58.0 Å². The highest BCUT2D eigenvalue weighted by atomic mass is 16.5. The molecule has 0 aliphatic heterocycles. The smallest absolute Gasteiger partial charge is 0.325 e. The lowest BCUT2D eigenvalue weighted by Crippen LogP contribution is -2.29. The van der Waals surface area contributed by atoms with Crippen molar-refractivity contribution in [3.05, 3.63) is 54.4 Å². The minimum absolute atomic E-state index is 0.0707. The molecule has 4 N–H and O–H groups in total. The van der Waals surface area contributed by atoms with Gasteiger partial charge in [0.1, 0.15) is 23.7 Å². The molecule has 0 atom stereocenters. The van der Waals surface area contributed by atoms with Crippen molar-refractivity contribution in [2.75, 3.05) is 31.6 Å². The number of esters is 1. The summed E-state index contributed by atoms with van der Waals surface area (Å²) in [7, 11) is 0. The maximum atomic E-state index is 12.4. The first-order chi connectivity index (χ1) is 16.4. The number of nitrogens with two attached hydrogens (primary N) is 1.